The van der Waals surface area contributed by atoms with Crippen molar-refractivity contribution in [2.24, 2.45) is 13.0 Å². The number of rotatable bonds is 5. The van der Waals surface area contributed by atoms with Crippen LogP contribution in [0.3, 0.4) is 0 Å². The lowest BCUT2D eigenvalue weighted by atomic mass is 9.87. The van der Waals surface area contributed by atoms with Gasteiger partial charge in [0.2, 0.25) is 11.8 Å². The molecule has 3 heterocycles. The summed E-state index contributed by atoms with van der Waals surface area (Å²) in [4.78, 5) is 15.6. The Bertz CT molecular complexity index is 685. The van der Waals surface area contributed by atoms with E-state index in [4.69, 9.17) is 4.74 Å². The average molecular weight is 330 g/mol. The number of piperidine rings is 1. The van der Waals surface area contributed by atoms with Crippen LogP contribution in [0.15, 0.2) is 18.6 Å². The summed E-state index contributed by atoms with van der Waals surface area (Å²) < 4.78 is 7.35. The molecular weight excluding hydrogens is 304 g/mol. The van der Waals surface area contributed by atoms with Crippen molar-refractivity contribution < 1.29 is 4.74 Å². The Balaban J connectivity index is 1.75. The topological polar surface area (TPSA) is 68.1 Å². The summed E-state index contributed by atoms with van der Waals surface area (Å²) in [6.07, 6.45) is 6.23. The van der Waals surface area contributed by atoms with E-state index in [0.29, 0.717) is 23.8 Å². The van der Waals surface area contributed by atoms with Crippen LogP contribution in [0.1, 0.15) is 30.3 Å². The zero-order chi connectivity index (χ0) is 17.1. The van der Waals surface area contributed by atoms with E-state index in [1.807, 2.05) is 25.5 Å². The van der Waals surface area contributed by atoms with Crippen molar-refractivity contribution in [3.63, 3.8) is 0 Å². The molecule has 7 heteroatoms. The van der Waals surface area contributed by atoms with E-state index in [1.165, 1.54) is 18.5 Å². The molecule has 0 amide bonds. The summed E-state index contributed by atoms with van der Waals surface area (Å²) in [6, 6.07) is 2.18. The molecule has 1 N–H and O–H groups in total. The van der Waals surface area contributed by atoms with E-state index < -0.39 is 0 Å². The van der Waals surface area contributed by atoms with E-state index >= 15 is 0 Å². The molecule has 7 nitrogen and oxygen atoms in total. The Morgan fingerprint density at radius 1 is 1.33 bits per heavy atom. The number of hydrogen-bond acceptors (Lipinski definition) is 6. The Kier molecular flexibility index (Phi) is 4.99. The van der Waals surface area contributed by atoms with Gasteiger partial charge in [-0.2, -0.15) is 4.98 Å². The normalized spacial score (nSPS) is 21.7. The van der Waals surface area contributed by atoms with Gasteiger partial charge in [0.25, 0.3) is 0 Å². The summed E-state index contributed by atoms with van der Waals surface area (Å²) in [5, 5.41) is 3.40. The van der Waals surface area contributed by atoms with Gasteiger partial charge in [0.1, 0.15) is 0 Å². The number of ether oxygens (including phenoxy) is 1. The number of imidazole rings is 1. The van der Waals surface area contributed by atoms with Crippen molar-refractivity contribution in [2.45, 2.75) is 25.8 Å². The molecule has 1 aliphatic rings. The van der Waals surface area contributed by atoms with Crippen LogP contribution in [0.4, 0.5) is 5.95 Å². The maximum atomic E-state index is 5.23. The summed E-state index contributed by atoms with van der Waals surface area (Å²) >= 11 is 0. The second-order valence-corrected chi connectivity index (χ2v) is 6.51. The molecule has 24 heavy (non-hydrogen) atoms. The van der Waals surface area contributed by atoms with Crippen LogP contribution in [-0.2, 0) is 7.05 Å². The number of aryl methyl sites for hydroxylation is 2. The largest absolute Gasteiger partial charge is 0.481 e. The van der Waals surface area contributed by atoms with Gasteiger partial charge in [-0.3, -0.25) is 4.90 Å². The van der Waals surface area contributed by atoms with Crippen molar-refractivity contribution >= 4 is 5.95 Å². The minimum absolute atomic E-state index is 0.352. The van der Waals surface area contributed by atoms with Crippen LogP contribution in [0.25, 0.3) is 0 Å². The molecule has 2 atom stereocenters. The van der Waals surface area contributed by atoms with Gasteiger partial charge in [0, 0.05) is 31.5 Å². The molecule has 130 valence electrons. The summed E-state index contributed by atoms with van der Waals surface area (Å²) in [5.41, 5.74) is 2.15. The lowest BCUT2D eigenvalue weighted by Gasteiger charge is -2.39. The molecule has 1 aliphatic heterocycles. The molecule has 0 aliphatic carbocycles. The second kappa shape index (κ2) is 7.17. The van der Waals surface area contributed by atoms with Gasteiger partial charge in [0.15, 0.2) is 0 Å². The van der Waals surface area contributed by atoms with E-state index in [0.717, 1.165) is 18.8 Å². The Morgan fingerprint density at radius 3 is 2.88 bits per heavy atom. The third-order valence-corrected chi connectivity index (χ3v) is 4.73. The Labute approximate surface area is 143 Å². The van der Waals surface area contributed by atoms with Crippen molar-refractivity contribution in [1.82, 2.24) is 24.4 Å². The number of anilines is 1. The standard InChI is InChI=1S/C17H26N6O/c1-12-8-15(24-4)21-17(20-12)19-9-13-6-5-7-22(2)16(13)14-10-18-11-23(14)3/h8,10-11,13,16H,5-7,9H2,1-4H3,(H,19,20,21)/t13-,16+/m0/s1. The van der Waals surface area contributed by atoms with Gasteiger partial charge < -0.3 is 14.6 Å². The highest BCUT2D eigenvalue weighted by Crippen LogP contribution is 2.34. The molecule has 1 saturated heterocycles. The lowest BCUT2D eigenvalue weighted by molar-refractivity contribution is 0.122. The second-order valence-electron chi connectivity index (χ2n) is 6.51. The molecule has 2 aromatic heterocycles. The van der Waals surface area contributed by atoms with E-state index in [2.05, 4.69) is 43.8 Å². The fraction of sp³-hybridized carbons (Fsp3) is 0.588. The minimum atomic E-state index is 0.352. The van der Waals surface area contributed by atoms with Crippen molar-refractivity contribution in [2.75, 3.05) is 32.6 Å². The van der Waals surface area contributed by atoms with Crippen LogP contribution in [0.5, 0.6) is 5.88 Å². The van der Waals surface area contributed by atoms with Crippen LogP contribution >= 0.6 is 0 Å². The number of likely N-dealkylation sites (tertiary alicyclic amines) is 1. The molecule has 0 unspecified atom stereocenters. The third kappa shape index (κ3) is 3.51. The predicted octanol–water partition coefficient (Wildman–Crippen LogP) is 2.02. The van der Waals surface area contributed by atoms with Gasteiger partial charge in [0.05, 0.1) is 25.2 Å². The maximum absolute atomic E-state index is 5.23. The molecule has 0 radical (unpaired) electrons. The van der Waals surface area contributed by atoms with Crippen molar-refractivity contribution in [3.8, 4) is 5.88 Å². The molecule has 1 fully saturated rings. The van der Waals surface area contributed by atoms with Gasteiger partial charge in [-0.1, -0.05) is 0 Å². The Hall–Kier alpha value is -2.15. The summed E-state index contributed by atoms with van der Waals surface area (Å²) in [5.74, 6) is 1.70. The fourth-order valence-corrected chi connectivity index (χ4v) is 3.54. The van der Waals surface area contributed by atoms with E-state index in [9.17, 15) is 0 Å². The highest BCUT2D eigenvalue weighted by Gasteiger charge is 2.32. The van der Waals surface area contributed by atoms with Gasteiger partial charge in [-0.05, 0) is 39.3 Å². The first-order chi connectivity index (χ1) is 11.6. The summed E-state index contributed by atoms with van der Waals surface area (Å²) in [7, 11) is 5.87. The number of hydrogen-bond donors (Lipinski definition) is 1. The highest BCUT2D eigenvalue weighted by molar-refractivity contribution is 5.30. The average Bonchev–Trinajstić information content (AvgIpc) is 2.98. The quantitative estimate of drug-likeness (QED) is 0.905. The number of nitrogens with zero attached hydrogens (tertiary/aromatic N) is 5. The van der Waals surface area contributed by atoms with E-state index in [-0.39, 0.29) is 0 Å². The molecule has 0 spiro atoms. The molecule has 0 aromatic carbocycles. The Morgan fingerprint density at radius 2 is 2.17 bits per heavy atom. The van der Waals surface area contributed by atoms with Crippen LogP contribution in [-0.4, -0.2) is 51.7 Å². The SMILES string of the molecule is COc1cc(C)nc(NC[C@@H]2CCCN(C)[C@H]2c2cncn2C)n1. The van der Waals surface area contributed by atoms with Crippen molar-refractivity contribution in [3.05, 3.63) is 30.0 Å². The minimum Gasteiger partial charge on any atom is -0.481 e. The molecular formula is C17H26N6O. The first-order valence-electron chi connectivity index (χ1n) is 8.38. The highest BCUT2D eigenvalue weighted by atomic mass is 16.5. The smallest absolute Gasteiger partial charge is 0.226 e. The fourth-order valence-electron chi connectivity index (χ4n) is 3.54. The first kappa shape index (κ1) is 16.7. The zero-order valence-electron chi connectivity index (χ0n) is 14.9. The molecule has 0 bridgehead atoms. The monoisotopic (exact) mass is 330 g/mol. The number of nitrogens with one attached hydrogen (secondary N) is 1. The number of methoxy groups -OCH3 is 1. The first-order valence-corrected chi connectivity index (χ1v) is 8.38. The van der Waals surface area contributed by atoms with Gasteiger partial charge >= 0.3 is 0 Å². The molecule has 0 saturated carbocycles. The zero-order valence-corrected chi connectivity index (χ0v) is 14.9. The maximum Gasteiger partial charge on any atom is 0.226 e. The lowest BCUT2D eigenvalue weighted by Crippen LogP contribution is -2.39. The predicted molar refractivity (Wildman–Crippen MR) is 93.1 cm³/mol. The van der Waals surface area contributed by atoms with Gasteiger partial charge in [-0.15, -0.1) is 0 Å². The van der Waals surface area contributed by atoms with Crippen molar-refractivity contribution in [1.29, 1.82) is 0 Å². The molecule has 3 rings (SSSR count). The number of aromatic nitrogens is 4. The van der Waals surface area contributed by atoms with E-state index in [1.54, 1.807) is 7.11 Å². The van der Waals surface area contributed by atoms with Crippen LogP contribution in [0, 0.1) is 12.8 Å². The van der Waals surface area contributed by atoms with Crippen LogP contribution in [0.2, 0.25) is 0 Å². The molecule has 2 aromatic rings. The van der Waals surface area contributed by atoms with Gasteiger partial charge in [-0.25, -0.2) is 9.97 Å². The third-order valence-electron chi connectivity index (χ3n) is 4.73. The van der Waals surface area contributed by atoms with Crippen LogP contribution < -0.4 is 10.1 Å². The summed E-state index contributed by atoms with van der Waals surface area (Å²) in [6.45, 7) is 3.89.